The highest BCUT2D eigenvalue weighted by Crippen LogP contribution is 2.24. The number of carboxylic acid groups (broad SMARTS) is 1. The van der Waals surface area contributed by atoms with Gasteiger partial charge in [-0.05, 0) is 25.0 Å². The van der Waals surface area contributed by atoms with Gasteiger partial charge < -0.3 is 9.84 Å². The van der Waals surface area contributed by atoms with E-state index >= 15 is 0 Å². The van der Waals surface area contributed by atoms with Gasteiger partial charge in [-0.1, -0.05) is 42.1 Å². The molecule has 1 unspecified atom stereocenters. The van der Waals surface area contributed by atoms with Gasteiger partial charge in [-0.25, -0.2) is 0 Å². The van der Waals surface area contributed by atoms with Crippen molar-refractivity contribution in [3.63, 3.8) is 0 Å². The highest BCUT2D eigenvalue weighted by Gasteiger charge is 2.19. The number of hydrogen-bond acceptors (Lipinski definition) is 5. The highest BCUT2D eigenvalue weighted by molar-refractivity contribution is 8.00. The van der Waals surface area contributed by atoms with Crippen molar-refractivity contribution in [2.24, 2.45) is 0 Å². The summed E-state index contributed by atoms with van der Waals surface area (Å²) < 4.78 is 7.71. The van der Waals surface area contributed by atoms with Crippen LogP contribution in [0, 0.1) is 0 Å². The van der Waals surface area contributed by atoms with Crippen LogP contribution >= 0.6 is 11.8 Å². The molecule has 1 aromatic carbocycles. The van der Waals surface area contributed by atoms with Crippen LogP contribution in [0.5, 0.6) is 5.75 Å². The fraction of sp³-hybridized carbons (Fsp3) is 0.278. The van der Waals surface area contributed by atoms with Gasteiger partial charge in [-0.15, -0.1) is 23.4 Å². The van der Waals surface area contributed by atoms with Gasteiger partial charge in [0.15, 0.2) is 11.0 Å². The maximum Gasteiger partial charge on any atom is 0.316 e. The maximum absolute atomic E-state index is 11.1. The summed E-state index contributed by atoms with van der Waals surface area (Å²) in [5.41, 5.74) is 1.04. The van der Waals surface area contributed by atoms with Crippen LogP contribution in [0.15, 0.2) is 54.7 Å². The largest absolute Gasteiger partial charge is 0.485 e. The zero-order valence-electron chi connectivity index (χ0n) is 14.1. The highest BCUT2D eigenvalue weighted by atomic mass is 32.2. The van der Waals surface area contributed by atoms with Crippen LogP contribution in [-0.2, 0) is 24.4 Å². The maximum atomic E-state index is 11.1. The molecule has 132 valence electrons. The average Bonchev–Trinajstić information content (AvgIpc) is 2.96. The van der Waals surface area contributed by atoms with Crippen molar-refractivity contribution in [3.8, 4) is 5.75 Å². The van der Waals surface area contributed by atoms with Gasteiger partial charge in [0.25, 0.3) is 0 Å². The van der Waals surface area contributed by atoms with E-state index in [1.807, 2.05) is 34.9 Å². The molecule has 7 heteroatoms. The first-order chi connectivity index (χ1) is 12.1. The predicted molar refractivity (Wildman–Crippen MR) is 97.8 cm³/mol. The Balaban J connectivity index is 2.17. The molecule has 0 bridgehead atoms. The lowest BCUT2D eigenvalue weighted by molar-refractivity contribution is -0.136. The number of ether oxygens (including phenoxy) is 1. The van der Waals surface area contributed by atoms with E-state index in [9.17, 15) is 4.79 Å². The summed E-state index contributed by atoms with van der Waals surface area (Å²) in [6.07, 6.45) is 4.26. The summed E-state index contributed by atoms with van der Waals surface area (Å²) in [6, 6.07) is 7.75. The minimum atomic E-state index is -0.894. The Morgan fingerprint density at radius 1 is 1.36 bits per heavy atom. The molecule has 1 N–H and O–H groups in total. The zero-order chi connectivity index (χ0) is 18.2. The molecule has 1 heterocycles. The molecule has 0 aliphatic rings. The Morgan fingerprint density at radius 3 is 2.80 bits per heavy atom. The molecule has 0 saturated carbocycles. The van der Waals surface area contributed by atoms with Crippen LogP contribution in [-0.4, -0.2) is 31.1 Å². The topological polar surface area (TPSA) is 77.2 Å². The lowest BCUT2D eigenvalue weighted by Gasteiger charge is -2.12. The van der Waals surface area contributed by atoms with Crippen molar-refractivity contribution in [1.82, 2.24) is 14.8 Å². The van der Waals surface area contributed by atoms with Gasteiger partial charge in [-0.3, -0.25) is 9.36 Å². The molecule has 0 radical (unpaired) electrons. The fourth-order valence-corrected chi connectivity index (χ4v) is 2.96. The molecule has 2 aromatic rings. The Hall–Kier alpha value is -2.54. The molecule has 0 saturated heterocycles. The Bertz CT molecular complexity index is 758. The van der Waals surface area contributed by atoms with E-state index in [0.717, 1.165) is 23.1 Å². The first-order valence-corrected chi connectivity index (χ1v) is 8.68. The zero-order valence-corrected chi connectivity index (χ0v) is 14.9. The number of rotatable bonds is 10. The Kier molecular flexibility index (Phi) is 6.82. The van der Waals surface area contributed by atoms with E-state index in [1.54, 1.807) is 13.0 Å². The van der Waals surface area contributed by atoms with Gasteiger partial charge >= 0.3 is 5.97 Å². The second kappa shape index (κ2) is 9.08. The van der Waals surface area contributed by atoms with Crippen LogP contribution in [0.3, 0.4) is 0 Å². The molecular weight excluding hydrogens is 338 g/mol. The number of carbonyl (C=O) groups is 1. The summed E-state index contributed by atoms with van der Waals surface area (Å²) >= 11 is 1.15. The van der Waals surface area contributed by atoms with Crippen molar-refractivity contribution in [3.05, 3.63) is 61.0 Å². The first-order valence-electron chi connectivity index (χ1n) is 7.80. The van der Waals surface area contributed by atoms with Crippen molar-refractivity contribution in [2.75, 3.05) is 0 Å². The van der Waals surface area contributed by atoms with Gasteiger partial charge in [0.1, 0.15) is 17.6 Å². The molecular formula is C18H21N3O3S. The number of hydrogen-bond donors (Lipinski definition) is 1. The number of para-hydroxylation sites is 1. The van der Waals surface area contributed by atoms with Crippen LogP contribution in [0.2, 0.25) is 0 Å². The van der Waals surface area contributed by atoms with Gasteiger partial charge in [0.05, 0.1) is 0 Å². The summed E-state index contributed by atoms with van der Waals surface area (Å²) in [7, 11) is 0. The summed E-state index contributed by atoms with van der Waals surface area (Å²) in [5, 5.41) is 17.2. The van der Waals surface area contributed by atoms with Crippen molar-refractivity contribution in [2.45, 2.75) is 36.9 Å². The molecule has 6 nitrogen and oxygen atoms in total. The van der Waals surface area contributed by atoms with Crippen molar-refractivity contribution >= 4 is 17.7 Å². The molecule has 0 amide bonds. The monoisotopic (exact) mass is 359 g/mol. The number of thioether (sulfide) groups is 1. The molecule has 25 heavy (non-hydrogen) atoms. The second-order valence-corrected chi connectivity index (χ2v) is 6.59. The fourth-order valence-electron chi connectivity index (χ4n) is 2.15. The summed E-state index contributed by atoms with van der Waals surface area (Å²) in [5.74, 6) is 0.492. The third-order valence-corrected chi connectivity index (χ3v) is 4.50. The summed E-state index contributed by atoms with van der Waals surface area (Å²) in [4.78, 5) is 11.1. The molecule has 2 rings (SSSR count). The third kappa shape index (κ3) is 4.96. The number of carboxylic acids is 1. The lowest BCUT2D eigenvalue weighted by Crippen LogP contribution is -2.14. The van der Waals surface area contributed by atoms with Gasteiger partial charge in [-0.2, -0.15) is 0 Å². The van der Waals surface area contributed by atoms with Gasteiger partial charge in [0.2, 0.25) is 0 Å². The molecule has 0 spiro atoms. The van der Waals surface area contributed by atoms with Crippen LogP contribution in [0.4, 0.5) is 0 Å². The predicted octanol–water partition coefficient (Wildman–Crippen LogP) is 3.34. The average molecular weight is 359 g/mol. The number of aliphatic carboxylic acids is 1. The van der Waals surface area contributed by atoms with E-state index in [-0.39, 0.29) is 6.61 Å². The third-order valence-electron chi connectivity index (χ3n) is 3.43. The van der Waals surface area contributed by atoms with Crippen LogP contribution in [0.25, 0.3) is 0 Å². The normalized spacial score (nSPS) is 11.7. The Labute approximate surface area is 151 Å². The van der Waals surface area contributed by atoms with E-state index < -0.39 is 11.2 Å². The lowest BCUT2D eigenvalue weighted by atomic mass is 10.1. The van der Waals surface area contributed by atoms with Gasteiger partial charge in [0, 0.05) is 6.54 Å². The van der Waals surface area contributed by atoms with Crippen LogP contribution in [0.1, 0.15) is 18.3 Å². The molecule has 1 atom stereocenters. The first kappa shape index (κ1) is 18.8. The smallest absolute Gasteiger partial charge is 0.316 e. The molecule has 0 aliphatic heterocycles. The van der Waals surface area contributed by atoms with Crippen LogP contribution < -0.4 is 4.74 Å². The van der Waals surface area contributed by atoms with E-state index in [4.69, 9.17) is 9.84 Å². The molecule has 0 aliphatic carbocycles. The standard InChI is InChI=1S/C18H21N3O3S/c1-4-8-14-9-6-7-10-15(14)24-12-16-19-20-18(21(16)11-5-2)25-13(3)17(22)23/h4-7,9-10,13H,1-2,8,11-12H2,3H3,(H,22,23). The van der Waals surface area contributed by atoms with Crippen molar-refractivity contribution < 1.29 is 14.6 Å². The summed E-state index contributed by atoms with van der Waals surface area (Å²) in [6.45, 7) is 9.82. The minimum absolute atomic E-state index is 0.233. The number of nitrogens with zero attached hydrogens (tertiary/aromatic N) is 3. The van der Waals surface area contributed by atoms with E-state index in [1.165, 1.54) is 0 Å². The number of aromatic nitrogens is 3. The number of allylic oxidation sites excluding steroid dienone is 2. The SMILES string of the molecule is C=CCc1ccccc1OCc1nnc(SC(C)C(=O)O)n1CC=C. The quantitative estimate of drug-likeness (QED) is 0.518. The van der Waals surface area contributed by atoms with E-state index in [0.29, 0.717) is 23.9 Å². The van der Waals surface area contributed by atoms with E-state index in [2.05, 4.69) is 23.4 Å². The number of benzene rings is 1. The Morgan fingerprint density at radius 2 is 2.12 bits per heavy atom. The molecule has 1 aromatic heterocycles. The minimum Gasteiger partial charge on any atom is -0.485 e. The van der Waals surface area contributed by atoms with Crippen molar-refractivity contribution in [1.29, 1.82) is 0 Å². The molecule has 0 fully saturated rings. The second-order valence-electron chi connectivity index (χ2n) is 5.29.